The Hall–Kier alpha value is -1.95. The SMILES string of the molecule is O=C(CN1CCNCC1c1ccccc1Cl)Nc1ccc(F)cc1. The van der Waals surface area contributed by atoms with Crippen LogP contribution in [0.4, 0.5) is 10.1 Å². The molecule has 2 N–H and O–H groups in total. The van der Waals surface area contributed by atoms with E-state index in [0.717, 1.165) is 25.2 Å². The first-order valence-electron chi connectivity index (χ1n) is 7.88. The molecule has 1 saturated heterocycles. The molecule has 0 radical (unpaired) electrons. The van der Waals surface area contributed by atoms with Gasteiger partial charge in [-0.05, 0) is 35.9 Å². The van der Waals surface area contributed by atoms with Crippen LogP contribution in [-0.4, -0.2) is 37.0 Å². The normalized spacial score (nSPS) is 18.3. The minimum Gasteiger partial charge on any atom is -0.325 e. The zero-order valence-electron chi connectivity index (χ0n) is 13.1. The van der Waals surface area contributed by atoms with Gasteiger partial charge in [-0.2, -0.15) is 0 Å². The van der Waals surface area contributed by atoms with Gasteiger partial charge >= 0.3 is 0 Å². The van der Waals surface area contributed by atoms with E-state index in [4.69, 9.17) is 11.6 Å². The summed E-state index contributed by atoms with van der Waals surface area (Å²) in [5.74, 6) is -0.450. The highest BCUT2D eigenvalue weighted by molar-refractivity contribution is 6.31. The van der Waals surface area contributed by atoms with Crippen molar-refractivity contribution in [3.63, 3.8) is 0 Å². The van der Waals surface area contributed by atoms with E-state index in [-0.39, 0.29) is 24.3 Å². The summed E-state index contributed by atoms with van der Waals surface area (Å²) in [7, 11) is 0. The van der Waals surface area contributed by atoms with Crippen LogP contribution in [0.15, 0.2) is 48.5 Å². The number of nitrogens with zero attached hydrogens (tertiary/aromatic N) is 1. The van der Waals surface area contributed by atoms with Gasteiger partial charge in [0.15, 0.2) is 0 Å². The third kappa shape index (κ3) is 4.12. The summed E-state index contributed by atoms with van der Waals surface area (Å²) < 4.78 is 12.9. The second-order valence-corrected chi connectivity index (χ2v) is 6.17. The summed E-state index contributed by atoms with van der Waals surface area (Å²) in [6.45, 7) is 2.58. The van der Waals surface area contributed by atoms with E-state index < -0.39 is 0 Å². The topological polar surface area (TPSA) is 44.4 Å². The zero-order valence-corrected chi connectivity index (χ0v) is 13.9. The number of rotatable bonds is 4. The van der Waals surface area contributed by atoms with Crippen LogP contribution in [-0.2, 0) is 4.79 Å². The molecular weight excluding hydrogens is 329 g/mol. The Morgan fingerprint density at radius 1 is 1.25 bits per heavy atom. The first-order chi connectivity index (χ1) is 11.6. The lowest BCUT2D eigenvalue weighted by Gasteiger charge is -2.36. The number of piperazine rings is 1. The van der Waals surface area contributed by atoms with Crippen LogP contribution in [0.5, 0.6) is 0 Å². The highest BCUT2D eigenvalue weighted by Gasteiger charge is 2.26. The Morgan fingerprint density at radius 2 is 2.00 bits per heavy atom. The second kappa shape index (κ2) is 7.75. The van der Waals surface area contributed by atoms with Crippen molar-refractivity contribution >= 4 is 23.2 Å². The van der Waals surface area contributed by atoms with Crippen LogP contribution >= 0.6 is 11.6 Å². The van der Waals surface area contributed by atoms with Crippen molar-refractivity contribution in [3.8, 4) is 0 Å². The lowest BCUT2D eigenvalue weighted by Crippen LogP contribution is -2.48. The van der Waals surface area contributed by atoms with Gasteiger partial charge in [0.05, 0.1) is 6.54 Å². The summed E-state index contributed by atoms with van der Waals surface area (Å²) in [4.78, 5) is 14.4. The smallest absolute Gasteiger partial charge is 0.238 e. The number of hydrogen-bond acceptors (Lipinski definition) is 3. The number of carbonyl (C=O) groups is 1. The number of hydrogen-bond donors (Lipinski definition) is 2. The van der Waals surface area contributed by atoms with E-state index in [1.807, 2.05) is 24.3 Å². The Balaban J connectivity index is 1.68. The lowest BCUT2D eigenvalue weighted by molar-refractivity contribution is -0.118. The van der Waals surface area contributed by atoms with Gasteiger partial charge < -0.3 is 10.6 Å². The van der Waals surface area contributed by atoms with E-state index in [2.05, 4.69) is 15.5 Å². The summed E-state index contributed by atoms with van der Waals surface area (Å²) in [5.41, 5.74) is 1.60. The van der Waals surface area contributed by atoms with Gasteiger partial charge in [0.2, 0.25) is 5.91 Å². The van der Waals surface area contributed by atoms with Gasteiger partial charge in [0.1, 0.15) is 5.82 Å². The quantitative estimate of drug-likeness (QED) is 0.893. The van der Waals surface area contributed by atoms with E-state index in [1.54, 1.807) is 12.1 Å². The van der Waals surface area contributed by atoms with Crippen molar-refractivity contribution < 1.29 is 9.18 Å². The molecule has 6 heteroatoms. The van der Waals surface area contributed by atoms with Crippen molar-refractivity contribution in [1.82, 2.24) is 10.2 Å². The van der Waals surface area contributed by atoms with Crippen LogP contribution in [0, 0.1) is 5.82 Å². The fraction of sp³-hybridized carbons (Fsp3) is 0.278. The van der Waals surface area contributed by atoms with Crippen molar-refractivity contribution in [2.75, 3.05) is 31.5 Å². The third-order valence-electron chi connectivity index (χ3n) is 4.09. The molecule has 1 amide bonds. The largest absolute Gasteiger partial charge is 0.325 e. The van der Waals surface area contributed by atoms with E-state index in [0.29, 0.717) is 10.7 Å². The van der Waals surface area contributed by atoms with Gasteiger partial charge in [-0.15, -0.1) is 0 Å². The van der Waals surface area contributed by atoms with E-state index in [1.165, 1.54) is 12.1 Å². The molecular formula is C18H19ClFN3O. The molecule has 1 aliphatic rings. The number of anilines is 1. The summed E-state index contributed by atoms with van der Waals surface area (Å²) in [5, 5.41) is 6.85. The second-order valence-electron chi connectivity index (χ2n) is 5.77. The van der Waals surface area contributed by atoms with Gasteiger partial charge in [0, 0.05) is 36.4 Å². The molecule has 2 aromatic rings. The van der Waals surface area contributed by atoms with Crippen molar-refractivity contribution in [2.24, 2.45) is 0 Å². The highest BCUT2D eigenvalue weighted by Crippen LogP contribution is 2.28. The summed E-state index contributed by atoms with van der Waals surface area (Å²) in [6, 6.07) is 13.5. The molecule has 1 aliphatic heterocycles. The molecule has 126 valence electrons. The Morgan fingerprint density at radius 3 is 2.75 bits per heavy atom. The predicted molar refractivity (Wildman–Crippen MR) is 93.7 cm³/mol. The molecule has 0 aliphatic carbocycles. The van der Waals surface area contributed by atoms with Gasteiger partial charge in [-0.25, -0.2) is 4.39 Å². The third-order valence-corrected chi connectivity index (χ3v) is 4.44. The van der Waals surface area contributed by atoms with Gasteiger partial charge in [-0.3, -0.25) is 9.69 Å². The molecule has 1 heterocycles. The monoisotopic (exact) mass is 347 g/mol. The average Bonchev–Trinajstić information content (AvgIpc) is 2.58. The fourth-order valence-electron chi connectivity index (χ4n) is 2.91. The van der Waals surface area contributed by atoms with E-state index >= 15 is 0 Å². The Kier molecular flexibility index (Phi) is 5.45. The number of benzene rings is 2. The molecule has 0 saturated carbocycles. The van der Waals surface area contributed by atoms with Crippen molar-refractivity contribution in [2.45, 2.75) is 6.04 Å². The molecule has 1 atom stereocenters. The molecule has 1 fully saturated rings. The molecule has 1 unspecified atom stereocenters. The number of amides is 1. The van der Waals surface area contributed by atoms with Crippen molar-refractivity contribution in [3.05, 3.63) is 64.9 Å². The van der Waals surface area contributed by atoms with Gasteiger partial charge in [0.25, 0.3) is 0 Å². The zero-order chi connectivity index (χ0) is 16.9. The van der Waals surface area contributed by atoms with Gasteiger partial charge in [-0.1, -0.05) is 29.8 Å². The fourth-order valence-corrected chi connectivity index (χ4v) is 3.17. The molecule has 0 aromatic heterocycles. The minimum atomic E-state index is -0.325. The summed E-state index contributed by atoms with van der Waals surface area (Å²) >= 11 is 6.31. The molecule has 4 nitrogen and oxygen atoms in total. The lowest BCUT2D eigenvalue weighted by atomic mass is 10.0. The van der Waals surface area contributed by atoms with Crippen LogP contribution < -0.4 is 10.6 Å². The number of halogens is 2. The van der Waals surface area contributed by atoms with Crippen molar-refractivity contribution in [1.29, 1.82) is 0 Å². The Labute approximate surface area is 145 Å². The number of carbonyl (C=O) groups excluding carboxylic acids is 1. The summed E-state index contributed by atoms with van der Waals surface area (Å²) in [6.07, 6.45) is 0. The van der Waals surface area contributed by atoms with Crippen LogP contribution in [0.3, 0.4) is 0 Å². The van der Waals surface area contributed by atoms with Crippen LogP contribution in [0.25, 0.3) is 0 Å². The molecule has 0 bridgehead atoms. The molecule has 3 rings (SSSR count). The first-order valence-corrected chi connectivity index (χ1v) is 8.26. The van der Waals surface area contributed by atoms with Crippen LogP contribution in [0.1, 0.15) is 11.6 Å². The maximum absolute atomic E-state index is 12.9. The number of nitrogens with one attached hydrogen (secondary N) is 2. The maximum Gasteiger partial charge on any atom is 0.238 e. The first kappa shape index (κ1) is 16.9. The molecule has 0 spiro atoms. The highest BCUT2D eigenvalue weighted by atomic mass is 35.5. The molecule has 2 aromatic carbocycles. The Bertz CT molecular complexity index is 708. The average molecular weight is 348 g/mol. The minimum absolute atomic E-state index is 0.0476. The standard InChI is InChI=1S/C18H19ClFN3O/c19-16-4-2-1-3-15(16)17-11-21-9-10-23(17)12-18(24)22-14-7-5-13(20)6-8-14/h1-8,17,21H,9-12H2,(H,22,24). The van der Waals surface area contributed by atoms with E-state index in [9.17, 15) is 9.18 Å². The predicted octanol–water partition coefficient (Wildman–Crippen LogP) is 3.06. The maximum atomic E-state index is 12.9. The molecule has 24 heavy (non-hydrogen) atoms. The van der Waals surface area contributed by atoms with Crippen LogP contribution in [0.2, 0.25) is 5.02 Å².